The number of hydrogen-bond acceptors (Lipinski definition) is 5. The quantitative estimate of drug-likeness (QED) is 0.263. The van der Waals surface area contributed by atoms with E-state index >= 15 is 0 Å². The molecule has 0 unspecified atom stereocenters. The van der Waals surface area contributed by atoms with E-state index in [2.05, 4.69) is 18.9 Å². The lowest BCUT2D eigenvalue weighted by molar-refractivity contribution is -0.890. The molecule has 0 saturated heterocycles. The molecular weight excluding hydrogens is 324 g/mol. The highest BCUT2D eigenvalue weighted by atomic mass is 32.2. The monoisotopic (exact) mass is 351 g/mol. The minimum atomic E-state index is -3.90. The lowest BCUT2D eigenvalue weighted by atomic mass is 10.3. The number of ether oxygens (including phenoxy) is 1. The zero-order chi connectivity index (χ0) is 18.7. The van der Waals surface area contributed by atoms with Crippen LogP contribution in [-0.4, -0.2) is 68.9 Å². The van der Waals surface area contributed by atoms with Crippen molar-refractivity contribution < 1.29 is 31.8 Å². The first kappa shape index (κ1) is 23.6. The van der Waals surface area contributed by atoms with E-state index < -0.39 is 22.0 Å². The van der Waals surface area contributed by atoms with Crippen molar-refractivity contribution in [2.45, 2.75) is 13.3 Å². The van der Waals surface area contributed by atoms with Crippen LogP contribution in [0.4, 0.5) is 0 Å². The summed E-state index contributed by atoms with van der Waals surface area (Å²) in [5.41, 5.74) is 4.89. The molecule has 0 aromatic rings. The highest BCUT2D eigenvalue weighted by molar-refractivity contribution is 7.85. The number of amides is 1. The molecule has 23 heavy (non-hydrogen) atoms. The lowest BCUT2D eigenvalue weighted by Crippen LogP contribution is -2.43. The molecule has 0 aliphatic carbocycles. The first-order chi connectivity index (χ1) is 10.3. The Bertz CT molecular complexity index is 525. The largest absolute Gasteiger partial charge is 0.456 e. The Hall–Kier alpha value is -1.71. The fourth-order valence-corrected chi connectivity index (χ4v) is 1.79. The van der Waals surface area contributed by atoms with Gasteiger partial charge < -0.3 is 15.0 Å². The molecule has 0 bridgehead atoms. The number of hydrogen-bond donors (Lipinski definition) is 2. The van der Waals surface area contributed by atoms with Crippen molar-refractivity contribution in [2.24, 2.45) is 5.73 Å². The Morgan fingerprint density at radius 1 is 1.30 bits per heavy atom. The molecule has 0 saturated carbocycles. The number of nitrogens with zero attached hydrogens (tertiary/aromatic N) is 1. The van der Waals surface area contributed by atoms with Crippen LogP contribution in [0.5, 0.6) is 0 Å². The Morgan fingerprint density at radius 3 is 2.13 bits per heavy atom. The maximum absolute atomic E-state index is 11.1. The summed E-state index contributed by atoms with van der Waals surface area (Å²) >= 11 is 0. The summed E-state index contributed by atoms with van der Waals surface area (Å²) in [6.45, 7) is 9.54. The number of esters is 1. The molecule has 9 heteroatoms. The fourth-order valence-electron chi connectivity index (χ4n) is 1.30. The van der Waals surface area contributed by atoms with Crippen molar-refractivity contribution in [1.29, 1.82) is 0 Å². The highest BCUT2D eigenvalue weighted by Gasteiger charge is 2.17. The Balaban J connectivity index is 0. The first-order valence-electron chi connectivity index (χ1n) is 6.82. The van der Waals surface area contributed by atoms with E-state index in [0.717, 1.165) is 6.08 Å². The smallest absolute Gasteiger partial charge is 0.333 e. The standard InChI is InChI=1S/C11H21NO5S.C3H5NO/c1-10(2)11(13)17-8-7-12(3,4)6-5-9-18(14,15)16;1-2-3(4)5/h1,5-9H2,2-4H3;2H,1H2,(H2,4,5)/p+1. The highest BCUT2D eigenvalue weighted by Crippen LogP contribution is 2.02. The van der Waals surface area contributed by atoms with Crippen molar-refractivity contribution in [3.63, 3.8) is 0 Å². The van der Waals surface area contributed by atoms with Gasteiger partial charge in [-0.15, -0.1) is 0 Å². The van der Waals surface area contributed by atoms with Crippen LogP contribution in [0.3, 0.4) is 0 Å². The molecule has 0 aromatic heterocycles. The fraction of sp³-hybridized carbons (Fsp3) is 0.571. The zero-order valence-electron chi connectivity index (χ0n) is 13.9. The molecule has 134 valence electrons. The Labute approximate surface area is 137 Å². The van der Waals surface area contributed by atoms with Crippen molar-refractivity contribution in [3.05, 3.63) is 24.8 Å². The molecule has 0 aromatic carbocycles. The maximum Gasteiger partial charge on any atom is 0.333 e. The van der Waals surface area contributed by atoms with Gasteiger partial charge in [-0.3, -0.25) is 9.35 Å². The minimum Gasteiger partial charge on any atom is -0.456 e. The molecule has 0 atom stereocenters. The molecule has 0 radical (unpaired) electrons. The second-order valence-electron chi connectivity index (χ2n) is 5.55. The summed E-state index contributed by atoms with van der Waals surface area (Å²) in [4.78, 5) is 20.6. The second-order valence-corrected chi connectivity index (χ2v) is 7.12. The van der Waals surface area contributed by atoms with Crippen LogP contribution in [0.15, 0.2) is 24.8 Å². The summed E-state index contributed by atoms with van der Waals surface area (Å²) in [5, 5.41) is 0. The average molecular weight is 351 g/mol. The first-order valence-corrected chi connectivity index (χ1v) is 8.43. The van der Waals surface area contributed by atoms with Gasteiger partial charge in [0.25, 0.3) is 10.1 Å². The van der Waals surface area contributed by atoms with E-state index in [0.29, 0.717) is 29.6 Å². The molecule has 0 heterocycles. The normalized spacial score (nSPS) is 11.0. The van der Waals surface area contributed by atoms with Gasteiger partial charge in [0.15, 0.2) is 0 Å². The minimum absolute atomic E-state index is 0.250. The number of likely N-dealkylation sites (N-methyl/N-ethyl adjacent to an activating group) is 1. The van der Waals surface area contributed by atoms with Crippen LogP contribution in [0.1, 0.15) is 13.3 Å². The van der Waals surface area contributed by atoms with E-state index in [4.69, 9.17) is 9.29 Å². The van der Waals surface area contributed by atoms with Crippen LogP contribution in [0, 0.1) is 0 Å². The average Bonchev–Trinajstić information content (AvgIpc) is 2.36. The van der Waals surface area contributed by atoms with E-state index in [1.807, 2.05) is 14.1 Å². The predicted molar refractivity (Wildman–Crippen MR) is 88.0 cm³/mol. The maximum atomic E-state index is 11.1. The molecule has 8 nitrogen and oxygen atoms in total. The van der Waals surface area contributed by atoms with Gasteiger partial charge >= 0.3 is 5.97 Å². The van der Waals surface area contributed by atoms with E-state index in [9.17, 15) is 18.0 Å². The number of quaternary nitrogens is 1. The number of rotatable bonds is 9. The van der Waals surface area contributed by atoms with E-state index in [1.54, 1.807) is 6.92 Å². The summed E-state index contributed by atoms with van der Waals surface area (Å²) in [5.74, 6) is -1.15. The molecule has 0 aliphatic heterocycles. The third-order valence-corrected chi connectivity index (χ3v) is 3.45. The topological polar surface area (TPSA) is 124 Å². The summed E-state index contributed by atoms with van der Waals surface area (Å²) in [6, 6.07) is 0. The lowest BCUT2D eigenvalue weighted by Gasteiger charge is -2.29. The molecule has 0 fully saturated rings. The Kier molecular flexibility index (Phi) is 11.2. The van der Waals surface area contributed by atoms with Crippen molar-refractivity contribution in [3.8, 4) is 0 Å². The van der Waals surface area contributed by atoms with Gasteiger partial charge in [0, 0.05) is 12.0 Å². The number of nitrogens with two attached hydrogens (primary N) is 1. The van der Waals surface area contributed by atoms with Crippen LogP contribution in [0.25, 0.3) is 0 Å². The third-order valence-electron chi connectivity index (χ3n) is 2.65. The number of carbonyl (C=O) groups excluding carboxylic acids is 2. The predicted octanol–water partition coefficient (Wildman–Crippen LogP) is 0.118. The molecule has 0 spiro atoms. The molecule has 1 amide bonds. The van der Waals surface area contributed by atoms with Crippen molar-refractivity contribution in [2.75, 3.05) is 39.5 Å². The van der Waals surface area contributed by atoms with Gasteiger partial charge in [-0.2, -0.15) is 8.42 Å². The van der Waals surface area contributed by atoms with Gasteiger partial charge in [-0.05, 0) is 13.0 Å². The SMILES string of the molecule is C=C(C)C(=O)OCC[N+](C)(C)CCCS(=O)(=O)O.C=CC(N)=O. The molecule has 0 rings (SSSR count). The molecular formula is C14H27N2O6S+. The van der Waals surface area contributed by atoms with Crippen LogP contribution in [0.2, 0.25) is 0 Å². The summed E-state index contributed by atoms with van der Waals surface area (Å²) in [6.07, 6.45) is 1.42. The van der Waals surface area contributed by atoms with Crippen molar-refractivity contribution >= 4 is 22.0 Å². The van der Waals surface area contributed by atoms with Crippen LogP contribution >= 0.6 is 0 Å². The van der Waals surface area contributed by atoms with Gasteiger partial charge in [-0.25, -0.2) is 4.79 Å². The van der Waals surface area contributed by atoms with Gasteiger partial charge in [0.05, 0.1) is 26.4 Å². The third kappa shape index (κ3) is 18.2. The second kappa shape index (κ2) is 10.9. The summed E-state index contributed by atoms with van der Waals surface area (Å²) < 4.78 is 35.2. The zero-order valence-corrected chi connectivity index (χ0v) is 14.8. The van der Waals surface area contributed by atoms with Crippen molar-refractivity contribution in [1.82, 2.24) is 0 Å². The van der Waals surface area contributed by atoms with Gasteiger partial charge in [0.2, 0.25) is 5.91 Å². The van der Waals surface area contributed by atoms with Crippen LogP contribution in [-0.2, 0) is 24.4 Å². The number of carbonyl (C=O) groups is 2. The van der Waals surface area contributed by atoms with E-state index in [1.165, 1.54) is 0 Å². The van der Waals surface area contributed by atoms with Gasteiger partial charge in [0.1, 0.15) is 13.2 Å². The van der Waals surface area contributed by atoms with Gasteiger partial charge in [-0.1, -0.05) is 13.2 Å². The number of primary amides is 1. The molecule has 0 aliphatic rings. The van der Waals surface area contributed by atoms with E-state index in [-0.39, 0.29) is 12.4 Å². The molecule has 3 N–H and O–H groups in total. The van der Waals surface area contributed by atoms with Crippen LogP contribution < -0.4 is 5.73 Å². The summed E-state index contributed by atoms with van der Waals surface area (Å²) in [7, 11) is -0.0959. The Morgan fingerprint density at radius 2 is 1.78 bits per heavy atom.